The summed E-state index contributed by atoms with van der Waals surface area (Å²) in [5.41, 5.74) is 2.85. The maximum Gasteiger partial charge on any atom is 0.289 e. The van der Waals surface area contributed by atoms with Crippen LogP contribution in [0.15, 0.2) is 29.2 Å². The summed E-state index contributed by atoms with van der Waals surface area (Å²) in [4.78, 5) is 12.5. The van der Waals surface area contributed by atoms with Gasteiger partial charge in [0.1, 0.15) is 0 Å². The van der Waals surface area contributed by atoms with Gasteiger partial charge in [-0.2, -0.15) is 9.40 Å². The second-order valence-corrected chi connectivity index (χ2v) is 8.58. The fraction of sp³-hybridized carbons (Fsp3) is 0.471. The molecule has 1 aromatic carbocycles. The summed E-state index contributed by atoms with van der Waals surface area (Å²) in [7, 11) is -1.99. The van der Waals surface area contributed by atoms with E-state index in [0.717, 1.165) is 17.0 Å². The monoisotopic (exact) mass is 393 g/mol. The molecule has 1 fully saturated rings. The molecule has 146 valence electrons. The molecule has 2 aromatic rings. The summed E-state index contributed by atoms with van der Waals surface area (Å²) in [6.45, 7) is 6.42. The Morgan fingerprint density at radius 3 is 2.33 bits per heavy atom. The van der Waals surface area contributed by atoms with E-state index in [-0.39, 0.29) is 10.6 Å². The van der Waals surface area contributed by atoms with Crippen molar-refractivity contribution in [3.8, 4) is 0 Å². The van der Waals surface area contributed by atoms with Crippen LogP contribution in [0.25, 0.3) is 0 Å². The number of benzene rings is 1. The third kappa shape index (κ3) is 3.73. The number of sulfonamides is 1. The molecule has 0 amide bonds. The van der Waals surface area contributed by atoms with Crippen molar-refractivity contribution >= 4 is 15.7 Å². The molecule has 1 aliphatic heterocycles. The SMILES string of the molecule is Cc1nn(C)c(C)c1CN1CCN(S(=O)(=O)c2ccccc2[N+](=O)[O-])CC1. The molecule has 0 saturated carbocycles. The molecule has 3 rings (SSSR count). The van der Waals surface area contributed by atoms with Gasteiger partial charge in [-0.3, -0.25) is 19.7 Å². The second kappa shape index (κ2) is 7.37. The van der Waals surface area contributed by atoms with Gasteiger partial charge in [-0.05, 0) is 19.9 Å². The summed E-state index contributed by atoms with van der Waals surface area (Å²) in [6.07, 6.45) is 0. The Balaban J connectivity index is 1.73. The van der Waals surface area contributed by atoms with Crippen molar-refractivity contribution in [2.75, 3.05) is 26.2 Å². The van der Waals surface area contributed by atoms with Gasteiger partial charge in [0.2, 0.25) is 10.0 Å². The van der Waals surface area contributed by atoms with Crippen LogP contribution < -0.4 is 0 Å². The molecule has 0 radical (unpaired) electrons. The first-order valence-electron chi connectivity index (χ1n) is 8.67. The molecule has 9 nitrogen and oxygen atoms in total. The van der Waals surface area contributed by atoms with E-state index in [1.165, 1.54) is 28.6 Å². The van der Waals surface area contributed by atoms with Crippen LogP contribution >= 0.6 is 0 Å². The molecule has 2 heterocycles. The third-order valence-corrected chi connectivity index (χ3v) is 7.00. The van der Waals surface area contributed by atoms with E-state index in [1.54, 1.807) is 0 Å². The number of hydrogen-bond donors (Lipinski definition) is 0. The van der Waals surface area contributed by atoms with Gasteiger partial charge in [-0.15, -0.1) is 0 Å². The molecule has 0 unspecified atom stereocenters. The predicted molar refractivity (Wildman–Crippen MR) is 99.8 cm³/mol. The van der Waals surface area contributed by atoms with Crippen molar-refractivity contribution < 1.29 is 13.3 Å². The van der Waals surface area contributed by atoms with Crippen LogP contribution in [0.1, 0.15) is 17.0 Å². The molecule has 0 spiro atoms. The van der Waals surface area contributed by atoms with Crippen molar-refractivity contribution in [2.45, 2.75) is 25.3 Å². The van der Waals surface area contributed by atoms with Gasteiger partial charge < -0.3 is 0 Å². The standard InChI is InChI=1S/C17H23N5O4S/c1-13-15(14(2)19(3)18-13)12-20-8-10-21(11-9-20)27(25,26)17-7-5-4-6-16(17)22(23)24/h4-7H,8-12H2,1-3H3. The lowest BCUT2D eigenvalue weighted by Gasteiger charge is -2.33. The number of aromatic nitrogens is 2. The Kier molecular flexibility index (Phi) is 5.31. The van der Waals surface area contributed by atoms with Crippen LogP contribution in [-0.4, -0.2) is 58.5 Å². The summed E-state index contributed by atoms with van der Waals surface area (Å²) in [6, 6.07) is 5.48. The first-order valence-corrected chi connectivity index (χ1v) is 10.1. The highest BCUT2D eigenvalue weighted by Crippen LogP contribution is 2.27. The highest BCUT2D eigenvalue weighted by Gasteiger charge is 2.33. The molecule has 0 bridgehead atoms. The van der Waals surface area contributed by atoms with Crippen molar-refractivity contribution in [1.82, 2.24) is 19.0 Å². The Morgan fingerprint density at radius 2 is 1.78 bits per heavy atom. The highest BCUT2D eigenvalue weighted by atomic mass is 32.2. The van der Waals surface area contributed by atoms with Gasteiger partial charge in [-0.25, -0.2) is 8.42 Å². The van der Waals surface area contributed by atoms with E-state index in [1.807, 2.05) is 25.6 Å². The number of aryl methyl sites for hydroxylation is 2. The van der Waals surface area contributed by atoms with Gasteiger partial charge in [0, 0.05) is 57.1 Å². The van der Waals surface area contributed by atoms with Gasteiger partial charge in [0.15, 0.2) is 4.90 Å². The zero-order valence-corrected chi connectivity index (χ0v) is 16.4. The van der Waals surface area contributed by atoms with Crippen LogP contribution in [-0.2, 0) is 23.6 Å². The predicted octanol–water partition coefficient (Wildman–Crippen LogP) is 1.45. The van der Waals surface area contributed by atoms with Crippen molar-refractivity contribution in [1.29, 1.82) is 0 Å². The molecular formula is C17H23N5O4S. The minimum Gasteiger partial charge on any atom is -0.296 e. The van der Waals surface area contributed by atoms with E-state index < -0.39 is 14.9 Å². The van der Waals surface area contributed by atoms with Gasteiger partial charge in [0.05, 0.1) is 10.6 Å². The van der Waals surface area contributed by atoms with Crippen LogP contribution in [0.3, 0.4) is 0 Å². The Labute approximate surface area is 158 Å². The molecule has 0 aliphatic carbocycles. The minimum absolute atomic E-state index is 0.248. The smallest absolute Gasteiger partial charge is 0.289 e. The van der Waals surface area contributed by atoms with Crippen LogP contribution in [0.5, 0.6) is 0 Å². The molecule has 1 aromatic heterocycles. The fourth-order valence-corrected chi connectivity index (χ4v) is 4.94. The average Bonchev–Trinajstić information content (AvgIpc) is 2.88. The lowest BCUT2D eigenvalue weighted by molar-refractivity contribution is -0.387. The number of rotatable bonds is 5. The Bertz CT molecular complexity index is 962. The third-order valence-electron chi connectivity index (χ3n) is 5.05. The number of nitrogens with zero attached hydrogens (tertiary/aromatic N) is 5. The van der Waals surface area contributed by atoms with E-state index in [0.29, 0.717) is 32.7 Å². The second-order valence-electron chi connectivity index (χ2n) is 6.68. The average molecular weight is 393 g/mol. The maximum absolute atomic E-state index is 12.9. The molecule has 0 N–H and O–H groups in total. The van der Waals surface area contributed by atoms with Crippen molar-refractivity contribution in [2.24, 2.45) is 7.05 Å². The summed E-state index contributed by atoms with van der Waals surface area (Å²) < 4.78 is 28.9. The summed E-state index contributed by atoms with van der Waals surface area (Å²) in [5, 5.41) is 15.6. The number of nitro groups is 1. The maximum atomic E-state index is 12.9. The fourth-order valence-electron chi connectivity index (χ4n) is 3.36. The van der Waals surface area contributed by atoms with Gasteiger partial charge >= 0.3 is 0 Å². The summed E-state index contributed by atoms with van der Waals surface area (Å²) in [5.74, 6) is 0. The lowest BCUT2D eigenvalue weighted by Crippen LogP contribution is -2.48. The number of hydrogen-bond acceptors (Lipinski definition) is 6. The number of piperazine rings is 1. The van der Waals surface area contributed by atoms with Gasteiger partial charge in [-0.1, -0.05) is 12.1 Å². The molecule has 1 saturated heterocycles. The molecule has 27 heavy (non-hydrogen) atoms. The highest BCUT2D eigenvalue weighted by molar-refractivity contribution is 7.89. The molecule has 0 atom stereocenters. The molecule has 10 heteroatoms. The zero-order chi connectivity index (χ0) is 19.8. The topological polar surface area (TPSA) is 102 Å². The Morgan fingerprint density at radius 1 is 1.15 bits per heavy atom. The zero-order valence-electron chi connectivity index (χ0n) is 15.6. The largest absolute Gasteiger partial charge is 0.296 e. The van der Waals surface area contributed by atoms with E-state index in [4.69, 9.17) is 0 Å². The van der Waals surface area contributed by atoms with E-state index >= 15 is 0 Å². The lowest BCUT2D eigenvalue weighted by atomic mass is 10.1. The van der Waals surface area contributed by atoms with Crippen molar-refractivity contribution in [3.05, 3.63) is 51.3 Å². The van der Waals surface area contributed by atoms with E-state index in [9.17, 15) is 18.5 Å². The quantitative estimate of drug-likeness (QED) is 0.563. The summed E-state index contributed by atoms with van der Waals surface area (Å²) >= 11 is 0. The van der Waals surface area contributed by atoms with Crippen LogP contribution in [0, 0.1) is 24.0 Å². The van der Waals surface area contributed by atoms with Crippen LogP contribution in [0.2, 0.25) is 0 Å². The van der Waals surface area contributed by atoms with Gasteiger partial charge in [0.25, 0.3) is 5.69 Å². The number of para-hydroxylation sites is 1. The Hall–Kier alpha value is -2.30. The minimum atomic E-state index is -3.90. The molecule has 1 aliphatic rings. The van der Waals surface area contributed by atoms with Crippen molar-refractivity contribution in [3.63, 3.8) is 0 Å². The first-order chi connectivity index (χ1) is 12.7. The molecular weight excluding hydrogens is 370 g/mol. The van der Waals surface area contributed by atoms with Crippen LogP contribution in [0.4, 0.5) is 5.69 Å². The van der Waals surface area contributed by atoms with E-state index in [2.05, 4.69) is 10.00 Å². The normalized spacial score (nSPS) is 16.6. The first kappa shape index (κ1) is 19.5. The number of nitro benzene ring substituents is 1.